The van der Waals surface area contributed by atoms with Gasteiger partial charge in [-0.1, -0.05) is 13.0 Å². The summed E-state index contributed by atoms with van der Waals surface area (Å²) in [5.41, 5.74) is 1.03. The highest BCUT2D eigenvalue weighted by molar-refractivity contribution is 5.74. The van der Waals surface area contributed by atoms with E-state index >= 15 is 0 Å². The van der Waals surface area contributed by atoms with Crippen LogP contribution in [0.5, 0.6) is 11.5 Å². The molecule has 5 nitrogen and oxygen atoms in total. The SMILES string of the molecule is COc1ccc(CNC(=O)N2CCC(C)CC2)cc1OC1CCCC1. The van der Waals surface area contributed by atoms with Crippen LogP contribution in [0.25, 0.3) is 0 Å². The Bertz CT molecular complexity index is 576. The molecule has 0 spiro atoms. The highest BCUT2D eigenvalue weighted by Gasteiger charge is 2.21. The minimum Gasteiger partial charge on any atom is -0.493 e. The van der Waals surface area contributed by atoms with Crippen molar-refractivity contribution >= 4 is 6.03 Å². The van der Waals surface area contributed by atoms with Gasteiger partial charge in [-0.3, -0.25) is 0 Å². The van der Waals surface area contributed by atoms with Gasteiger partial charge in [0.2, 0.25) is 0 Å². The number of carbonyl (C=O) groups is 1. The van der Waals surface area contributed by atoms with Crippen LogP contribution < -0.4 is 14.8 Å². The van der Waals surface area contributed by atoms with Gasteiger partial charge in [-0.25, -0.2) is 4.79 Å². The Kier molecular flexibility index (Phi) is 6.05. The summed E-state index contributed by atoms with van der Waals surface area (Å²) in [7, 11) is 1.66. The summed E-state index contributed by atoms with van der Waals surface area (Å²) in [6, 6.07) is 5.93. The molecule has 0 radical (unpaired) electrons. The van der Waals surface area contributed by atoms with E-state index in [9.17, 15) is 4.79 Å². The number of piperidine rings is 1. The fourth-order valence-electron chi connectivity index (χ4n) is 3.61. The maximum Gasteiger partial charge on any atom is 0.317 e. The van der Waals surface area contributed by atoms with Gasteiger partial charge < -0.3 is 19.7 Å². The molecular weight excluding hydrogens is 316 g/mol. The number of urea groups is 1. The number of nitrogens with zero attached hydrogens (tertiary/aromatic N) is 1. The Morgan fingerprint density at radius 1 is 1.16 bits per heavy atom. The van der Waals surface area contributed by atoms with Crippen LogP contribution in [0.3, 0.4) is 0 Å². The largest absolute Gasteiger partial charge is 0.493 e. The molecule has 1 saturated carbocycles. The zero-order valence-electron chi connectivity index (χ0n) is 15.4. The number of benzene rings is 1. The molecule has 138 valence electrons. The van der Waals surface area contributed by atoms with Gasteiger partial charge in [0.15, 0.2) is 11.5 Å². The van der Waals surface area contributed by atoms with Gasteiger partial charge in [0.1, 0.15) is 0 Å². The van der Waals surface area contributed by atoms with Crippen LogP contribution in [-0.2, 0) is 6.54 Å². The second kappa shape index (κ2) is 8.45. The van der Waals surface area contributed by atoms with Crippen molar-refractivity contribution in [1.29, 1.82) is 0 Å². The lowest BCUT2D eigenvalue weighted by atomic mass is 10.00. The molecule has 5 heteroatoms. The molecule has 1 aliphatic carbocycles. The number of hydrogen-bond donors (Lipinski definition) is 1. The first-order valence-electron chi connectivity index (χ1n) is 9.52. The summed E-state index contributed by atoms with van der Waals surface area (Å²) >= 11 is 0. The molecular formula is C20H30N2O3. The predicted molar refractivity (Wildman–Crippen MR) is 98.1 cm³/mol. The van der Waals surface area contributed by atoms with Gasteiger partial charge in [0.05, 0.1) is 13.2 Å². The van der Waals surface area contributed by atoms with E-state index in [0.717, 1.165) is 61.8 Å². The smallest absolute Gasteiger partial charge is 0.317 e. The van der Waals surface area contributed by atoms with Crippen molar-refractivity contribution in [2.45, 2.75) is 58.1 Å². The molecule has 2 amide bonds. The number of carbonyl (C=O) groups excluding carboxylic acids is 1. The number of nitrogens with one attached hydrogen (secondary N) is 1. The molecule has 0 atom stereocenters. The Morgan fingerprint density at radius 3 is 2.56 bits per heavy atom. The maximum absolute atomic E-state index is 12.3. The first-order valence-corrected chi connectivity index (χ1v) is 9.52. The Morgan fingerprint density at radius 2 is 1.88 bits per heavy atom. The third-order valence-electron chi connectivity index (χ3n) is 5.34. The molecule has 2 fully saturated rings. The summed E-state index contributed by atoms with van der Waals surface area (Å²) in [6.07, 6.45) is 7.16. The second-order valence-corrected chi connectivity index (χ2v) is 7.34. The highest BCUT2D eigenvalue weighted by atomic mass is 16.5. The van der Waals surface area contributed by atoms with Crippen molar-refractivity contribution in [2.75, 3.05) is 20.2 Å². The normalized spacial score (nSPS) is 19.0. The molecule has 1 aromatic rings. The number of methoxy groups -OCH3 is 1. The molecule has 0 bridgehead atoms. The first-order chi connectivity index (χ1) is 12.2. The van der Waals surface area contributed by atoms with Crippen molar-refractivity contribution in [1.82, 2.24) is 10.2 Å². The van der Waals surface area contributed by atoms with Crippen LogP contribution >= 0.6 is 0 Å². The van der Waals surface area contributed by atoms with E-state index in [2.05, 4.69) is 12.2 Å². The van der Waals surface area contributed by atoms with E-state index in [0.29, 0.717) is 6.54 Å². The fourth-order valence-corrected chi connectivity index (χ4v) is 3.61. The molecule has 1 aromatic carbocycles. The van der Waals surface area contributed by atoms with Crippen LogP contribution in [0.15, 0.2) is 18.2 Å². The molecule has 1 heterocycles. The maximum atomic E-state index is 12.3. The average Bonchev–Trinajstić information content (AvgIpc) is 3.13. The van der Waals surface area contributed by atoms with Crippen LogP contribution in [0.2, 0.25) is 0 Å². The van der Waals surface area contributed by atoms with Gasteiger partial charge in [-0.15, -0.1) is 0 Å². The van der Waals surface area contributed by atoms with Crippen LogP contribution in [0.4, 0.5) is 4.79 Å². The third-order valence-corrected chi connectivity index (χ3v) is 5.34. The predicted octanol–water partition coefficient (Wildman–Crippen LogP) is 3.96. The van der Waals surface area contributed by atoms with E-state index in [1.165, 1.54) is 12.8 Å². The summed E-state index contributed by atoms with van der Waals surface area (Å²) in [5, 5.41) is 3.03. The lowest BCUT2D eigenvalue weighted by Gasteiger charge is -2.30. The lowest BCUT2D eigenvalue weighted by Crippen LogP contribution is -2.43. The minimum absolute atomic E-state index is 0.0287. The molecule has 3 rings (SSSR count). The number of rotatable bonds is 5. The summed E-state index contributed by atoms with van der Waals surface area (Å²) in [6.45, 7) is 4.46. The zero-order chi connectivity index (χ0) is 17.6. The molecule has 1 N–H and O–H groups in total. The van der Waals surface area contributed by atoms with Crippen molar-refractivity contribution in [3.8, 4) is 11.5 Å². The van der Waals surface area contributed by atoms with Crippen molar-refractivity contribution in [2.24, 2.45) is 5.92 Å². The fraction of sp³-hybridized carbons (Fsp3) is 0.650. The average molecular weight is 346 g/mol. The number of likely N-dealkylation sites (tertiary alicyclic amines) is 1. The van der Waals surface area contributed by atoms with Gasteiger partial charge in [-0.2, -0.15) is 0 Å². The third kappa shape index (κ3) is 4.80. The number of hydrogen-bond acceptors (Lipinski definition) is 3. The molecule has 1 saturated heterocycles. The second-order valence-electron chi connectivity index (χ2n) is 7.34. The van der Waals surface area contributed by atoms with Crippen molar-refractivity contribution in [3.63, 3.8) is 0 Å². The van der Waals surface area contributed by atoms with E-state index < -0.39 is 0 Å². The van der Waals surface area contributed by atoms with E-state index in [4.69, 9.17) is 9.47 Å². The van der Waals surface area contributed by atoms with Crippen LogP contribution in [0, 0.1) is 5.92 Å². The lowest BCUT2D eigenvalue weighted by molar-refractivity contribution is 0.173. The Balaban J connectivity index is 1.57. The summed E-state index contributed by atoms with van der Waals surface area (Å²) in [5.74, 6) is 2.26. The standard InChI is InChI=1S/C20H30N2O3/c1-15-9-11-22(12-10-15)20(23)21-14-16-7-8-18(24-2)19(13-16)25-17-5-3-4-6-17/h7-8,13,15,17H,3-6,9-12,14H2,1-2H3,(H,21,23). The van der Waals surface area contributed by atoms with Gasteiger partial charge in [0, 0.05) is 19.6 Å². The molecule has 1 aliphatic heterocycles. The zero-order valence-corrected chi connectivity index (χ0v) is 15.4. The van der Waals surface area contributed by atoms with Gasteiger partial charge in [-0.05, 0) is 62.1 Å². The van der Waals surface area contributed by atoms with Crippen LogP contribution in [-0.4, -0.2) is 37.2 Å². The molecule has 25 heavy (non-hydrogen) atoms. The van der Waals surface area contributed by atoms with Crippen LogP contribution in [0.1, 0.15) is 51.0 Å². The highest BCUT2D eigenvalue weighted by Crippen LogP contribution is 2.32. The molecule has 0 aromatic heterocycles. The number of amides is 2. The van der Waals surface area contributed by atoms with Gasteiger partial charge in [0.25, 0.3) is 0 Å². The van der Waals surface area contributed by atoms with Crippen molar-refractivity contribution in [3.05, 3.63) is 23.8 Å². The van der Waals surface area contributed by atoms with E-state index in [-0.39, 0.29) is 12.1 Å². The molecule has 0 unspecified atom stereocenters. The summed E-state index contributed by atoms with van der Waals surface area (Å²) in [4.78, 5) is 14.2. The Labute approximate surface area is 150 Å². The summed E-state index contributed by atoms with van der Waals surface area (Å²) < 4.78 is 11.5. The first kappa shape index (κ1) is 17.9. The van der Waals surface area contributed by atoms with E-state index in [1.807, 2.05) is 23.1 Å². The monoisotopic (exact) mass is 346 g/mol. The van der Waals surface area contributed by atoms with E-state index in [1.54, 1.807) is 7.11 Å². The molecule has 2 aliphatic rings. The quantitative estimate of drug-likeness (QED) is 0.878. The van der Waals surface area contributed by atoms with Crippen molar-refractivity contribution < 1.29 is 14.3 Å². The van der Waals surface area contributed by atoms with Gasteiger partial charge >= 0.3 is 6.03 Å². The Hall–Kier alpha value is -1.91. The topological polar surface area (TPSA) is 50.8 Å². The number of ether oxygens (including phenoxy) is 2. The minimum atomic E-state index is 0.0287.